The first-order valence-electron chi connectivity index (χ1n) is 5.80. The van der Waals surface area contributed by atoms with Crippen molar-refractivity contribution in [1.29, 1.82) is 0 Å². The SMILES string of the molecule is Cc1cc2c(C(=O)O)ncn2nc1-c1ccccc1. The van der Waals surface area contributed by atoms with Crippen LogP contribution in [0.3, 0.4) is 0 Å². The van der Waals surface area contributed by atoms with Gasteiger partial charge in [-0.15, -0.1) is 0 Å². The van der Waals surface area contributed by atoms with Crippen LogP contribution in [0.15, 0.2) is 42.7 Å². The summed E-state index contributed by atoms with van der Waals surface area (Å²) in [5, 5.41) is 13.5. The van der Waals surface area contributed by atoms with Crippen molar-refractivity contribution in [2.45, 2.75) is 6.92 Å². The highest BCUT2D eigenvalue weighted by atomic mass is 16.4. The van der Waals surface area contributed by atoms with E-state index < -0.39 is 5.97 Å². The Labute approximate surface area is 109 Å². The van der Waals surface area contributed by atoms with Crippen LogP contribution < -0.4 is 0 Å². The van der Waals surface area contributed by atoms with Gasteiger partial charge in [-0.25, -0.2) is 14.3 Å². The number of nitrogens with zero attached hydrogens (tertiary/aromatic N) is 3. The third kappa shape index (κ3) is 1.85. The lowest BCUT2D eigenvalue weighted by atomic mass is 10.1. The molecule has 0 radical (unpaired) electrons. The van der Waals surface area contributed by atoms with Crippen molar-refractivity contribution in [1.82, 2.24) is 14.6 Å². The van der Waals surface area contributed by atoms with Crippen LogP contribution in [0, 0.1) is 6.92 Å². The van der Waals surface area contributed by atoms with Crippen LogP contribution in [0.2, 0.25) is 0 Å². The van der Waals surface area contributed by atoms with Gasteiger partial charge in [0.1, 0.15) is 6.33 Å². The minimum atomic E-state index is -1.05. The van der Waals surface area contributed by atoms with E-state index in [2.05, 4.69) is 10.1 Å². The molecule has 0 saturated carbocycles. The van der Waals surface area contributed by atoms with Crippen LogP contribution in [0.25, 0.3) is 16.8 Å². The molecule has 94 valence electrons. The van der Waals surface area contributed by atoms with Crippen LogP contribution in [0.1, 0.15) is 16.1 Å². The van der Waals surface area contributed by atoms with Gasteiger partial charge in [0.25, 0.3) is 0 Å². The van der Waals surface area contributed by atoms with Crippen molar-refractivity contribution in [2.24, 2.45) is 0 Å². The zero-order valence-corrected chi connectivity index (χ0v) is 10.2. The van der Waals surface area contributed by atoms with E-state index in [4.69, 9.17) is 5.11 Å². The molecule has 5 nitrogen and oxygen atoms in total. The van der Waals surface area contributed by atoms with Crippen molar-refractivity contribution in [3.05, 3.63) is 54.0 Å². The Balaban J connectivity index is 2.24. The van der Waals surface area contributed by atoms with E-state index in [0.29, 0.717) is 5.52 Å². The summed E-state index contributed by atoms with van der Waals surface area (Å²) in [7, 11) is 0. The number of hydrogen-bond acceptors (Lipinski definition) is 3. The van der Waals surface area contributed by atoms with Gasteiger partial charge in [-0.1, -0.05) is 30.3 Å². The summed E-state index contributed by atoms with van der Waals surface area (Å²) in [6.07, 6.45) is 1.42. The van der Waals surface area contributed by atoms with Gasteiger partial charge in [-0.3, -0.25) is 0 Å². The molecular weight excluding hydrogens is 242 g/mol. The number of fused-ring (bicyclic) bond motifs is 1. The summed E-state index contributed by atoms with van der Waals surface area (Å²) in [6.45, 7) is 1.91. The molecule has 0 aliphatic carbocycles. The molecule has 1 aromatic carbocycles. The number of aryl methyl sites for hydroxylation is 1. The lowest BCUT2D eigenvalue weighted by Gasteiger charge is -2.06. The third-order valence-corrected chi connectivity index (χ3v) is 2.97. The van der Waals surface area contributed by atoms with Crippen molar-refractivity contribution >= 4 is 11.5 Å². The molecule has 2 heterocycles. The zero-order valence-electron chi connectivity index (χ0n) is 10.2. The maximum atomic E-state index is 11.0. The van der Waals surface area contributed by atoms with Crippen molar-refractivity contribution in [2.75, 3.05) is 0 Å². The molecule has 0 amide bonds. The lowest BCUT2D eigenvalue weighted by Crippen LogP contribution is -2.00. The third-order valence-electron chi connectivity index (χ3n) is 2.97. The van der Waals surface area contributed by atoms with Crippen molar-refractivity contribution in [3.63, 3.8) is 0 Å². The molecule has 3 rings (SSSR count). The Kier molecular flexibility index (Phi) is 2.52. The number of benzene rings is 1. The van der Waals surface area contributed by atoms with E-state index in [1.807, 2.05) is 37.3 Å². The Morgan fingerprint density at radius 1 is 1.26 bits per heavy atom. The topological polar surface area (TPSA) is 67.5 Å². The average molecular weight is 253 g/mol. The highest BCUT2D eigenvalue weighted by Gasteiger charge is 2.14. The molecule has 2 aromatic heterocycles. The minimum Gasteiger partial charge on any atom is -0.476 e. The second kappa shape index (κ2) is 4.20. The summed E-state index contributed by atoms with van der Waals surface area (Å²) in [5.41, 5.74) is 3.26. The fourth-order valence-corrected chi connectivity index (χ4v) is 2.07. The normalized spacial score (nSPS) is 10.8. The quantitative estimate of drug-likeness (QED) is 0.761. The summed E-state index contributed by atoms with van der Waals surface area (Å²) < 4.78 is 1.50. The number of carboxylic acid groups (broad SMARTS) is 1. The molecule has 5 heteroatoms. The molecule has 3 aromatic rings. The van der Waals surface area contributed by atoms with Gasteiger partial charge in [-0.05, 0) is 18.6 Å². The Bertz CT molecular complexity index is 763. The number of aromatic nitrogens is 3. The Morgan fingerprint density at radius 2 is 2.00 bits per heavy atom. The Morgan fingerprint density at radius 3 is 2.68 bits per heavy atom. The number of imidazole rings is 1. The molecule has 0 aliphatic rings. The van der Waals surface area contributed by atoms with Gasteiger partial charge in [0, 0.05) is 5.56 Å². The first-order valence-corrected chi connectivity index (χ1v) is 5.80. The maximum absolute atomic E-state index is 11.0. The van der Waals surface area contributed by atoms with E-state index in [9.17, 15) is 4.79 Å². The molecule has 0 unspecified atom stereocenters. The predicted molar refractivity (Wildman–Crippen MR) is 70.1 cm³/mol. The molecule has 1 N–H and O–H groups in total. The van der Waals surface area contributed by atoms with Crippen molar-refractivity contribution < 1.29 is 9.90 Å². The van der Waals surface area contributed by atoms with Crippen LogP contribution >= 0.6 is 0 Å². The van der Waals surface area contributed by atoms with E-state index in [1.54, 1.807) is 6.07 Å². The number of aromatic carboxylic acids is 1. The molecule has 0 bridgehead atoms. The van der Waals surface area contributed by atoms with Crippen LogP contribution in [0.4, 0.5) is 0 Å². The highest BCUT2D eigenvalue weighted by Crippen LogP contribution is 2.22. The lowest BCUT2D eigenvalue weighted by molar-refractivity contribution is 0.0693. The molecular formula is C14H11N3O2. The summed E-state index contributed by atoms with van der Waals surface area (Å²) >= 11 is 0. The fourth-order valence-electron chi connectivity index (χ4n) is 2.07. The molecule has 0 saturated heterocycles. The van der Waals surface area contributed by atoms with Gasteiger partial charge in [0.15, 0.2) is 5.69 Å². The highest BCUT2D eigenvalue weighted by molar-refractivity contribution is 5.93. The average Bonchev–Trinajstić information content (AvgIpc) is 2.81. The van der Waals surface area contributed by atoms with Crippen LogP contribution in [-0.4, -0.2) is 25.7 Å². The monoisotopic (exact) mass is 253 g/mol. The summed E-state index contributed by atoms with van der Waals surface area (Å²) in [4.78, 5) is 14.9. The Hall–Kier alpha value is -2.69. The van der Waals surface area contributed by atoms with E-state index in [-0.39, 0.29) is 5.69 Å². The van der Waals surface area contributed by atoms with Crippen LogP contribution in [0.5, 0.6) is 0 Å². The first-order chi connectivity index (χ1) is 9.16. The van der Waals surface area contributed by atoms with Gasteiger partial charge in [0.2, 0.25) is 0 Å². The van der Waals surface area contributed by atoms with Crippen LogP contribution in [-0.2, 0) is 0 Å². The number of rotatable bonds is 2. The van der Waals surface area contributed by atoms with Gasteiger partial charge in [-0.2, -0.15) is 5.10 Å². The number of carbonyl (C=O) groups is 1. The summed E-state index contributed by atoms with van der Waals surface area (Å²) in [5.74, 6) is -1.05. The minimum absolute atomic E-state index is 0.0233. The molecule has 0 atom stereocenters. The van der Waals surface area contributed by atoms with E-state index in [0.717, 1.165) is 16.8 Å². The molecule has 0 spiro atoms. The molecule has 19 heavy (non-hydrogen) atoms. The van der Waals surface area contributed by atoms with E-state index >= 15 is 0 Å². The second-order valence-electron chi connectivity index (χ2n) is 4.27. The predicted octanol–water partition coefficient (Wildman–Crippen LogP) is 2.40. The molecule has 0 aliphatic heterocycles. The first kappa shape index (κ1) is 11.4. The second-order valence-corrected chi connectivity index (χ2v) is 4.27. The van der Waals surface area contributed by atoms with E-state index in [1.165, 1.54) is 10.8 Å². The fraction of sp³-hybridized carbons (Fsp3) is 0.0714. The molecule has 0 fully saturated rings. The van der Waals surface area contributed by atoms with Crippen molar-refractivity contribution in [3.8, 4) is 11.3 Å². The summed E-state index contributed by atoms with van der Waals surface area (Å²) in [6, 6.07) is 11.6. The van der Waals surface area contributed by atoms with Gasteiger partial charge >= 0.3 is 5.97 Å². The largest absolute Gasteiger partial charge is 0.476 e. The van der Waals surface area contributed by atoms with Gasteiger partial charge < -0.3 is 5.11 Å². The maximum Gasteiger partial charge on any atom is 0.356 e. The number of hydrogen-bond donors (Lipinski definition) is 1. The standard InChI is InChI=1S/C14H11N3O2/c1-9-7-11-13(14(18)19)15-8-17(11)16-12(9)10-5-3-2-4-6-10/h2-8H,1H3,(H,18,19). The smallest absolute Gasteiger partial charge is 0.356 e. The number of carboxylic acids is 1. The zero-order chi connectivity index (χ0) is 13.4. The van der Waals surface area contributed by atoms with Gasteiger partial charge in [0.05, 0.1) is 11.2 Å².